The van der Waals surface area contributed by atoms with Gasteiger partial charge in [0.15, 0.2) is 0 Å². The van der Waals surface area contributed by atoms with Crippen molar-refractivity contribution in [3.8, 4) is 11.1 Å². The van der Waals surface area contributed by atoms with Crippen LogP contribution in [0.3, 0.4) is 0 Å². The SMILES string of the molecule is O=C1C[C@@H](c2ccsc2)c2scc(-c3ccc(F)cc3)c2N1. The van der Waals surface area contributed by atoms with Crippen LogP contribution in [-0.2, 0) is 4.79 Å². The fourth-order valence-electron chi connectivity index (χ4n) is 2.81. The molecule has 3 heterocycles. The van der Waals surface area contributed by atoms with Crippen molar-refractivity contribution in [3.05, 3.63) is 62.7 Å². The van der Waals surface area contributed by atoms with Crippen molar-refractivity contribution in [2.75, 3.05) is 5.32 Å². The molecule has 0 saturated carbocycles. The van der Waals surface area contributed by atoms with E-state index in [1.54, 1.807) is 34.8 Å². The van der Waals surface area contributed by atoms with Crippen LogP contribution in [-0.4, -0.2) is 5.91 Å². The summed E-state index contributed by atoms with van der Waals surface area (Å²) < 4.78 is 13.1. The highest BCUT2D eigenvalue weighted by Gasteiger charge is 2.30. The maximum atomic E-state index is 13.1. The summed E-state index contributed by atoms with van der Waals surface area (Å²) >= 11 is 3.30. The Morgan fingerprint density at radius 3 is 2.68 bits per heavy atom. The van der Waals surface area contributed by atoms with Crippen LogP contribution in [0.5, 0.6) is 0 Å². The molecule has 0 spiro atoms. The van der Waals surface area contributed by atoms with E-state index in [0.717, 1.165) is 16.8 Å². The molecule has 110 valence electrons. The van der Waals surface area contributed by atoms with E-state index in [9.17, 15) is 9.18 Å². The molecule has 1 aliphatic rings. The topological polar surface area (TPSA) is 29.1 Å². The van der Waals surface area contributed by atoms with Crippen molar-refractivity contribution in [3.63, 3.8) is 0 Å². The number of amides is 1. The number of hydrogen-bond acceptors (Lipinski definition) is 3. The summed E-state index contributed by atoms with van der Waals surface area (Å²) in [6.45, 7) is 0. The second-order valence-electron chi connectivity index (χ2n) is 5.26. The van der Waals surface area contributed by atoms with Crippen LogP contribution in [0.25, 0.3) is 11.1 Å². The molecular formula is C17H12FNOS2. The predicted molar refractivity (Wildman–Crippen MR) is 89.1 cm³/mol. The van der Waals surface area contributed by atoms with Gasteiger partial charge in [-0.2, -0.15) is 11.3 Å². The van der Waals surface area contributed by atoms with Gasteiger partial charge in [-0.05, 0) is 40.1 Å². The third-order valence-electron chi connectivity index (χ3n) is 3.89. The summed E-state index contributed by atoms with van der Waals surface area (Å²) in [6.07, 6.45) is 0.479. The van der Waals surface area contributed by atoms with E-state index in [0.29, 0.717) is 6.42 Å². The monoisotopic (exact) mass is 329 g/mol. The van der Waals surface area contributed by atoms with E-state index in [4.69, 9.17) is 0 Å². The Hall–Kier alpha value is -1.98. The molecule has 2 aromatic heterocycles. The molecule has 0 aliphatic carbocycles. The van der Waals surface area contributed by atoms with Gasteiger partial charge in [0.2, 0.25) is 5.91 Å². The number of nitrogens with one attached hydrogen (secondary N) is 1. The summed E-state index contributed by atoms with van der Waals surface area (Å²) in [7, 11) is 0. The van der Waals surface area contributed by atoms with E-state index in [2.05, 4.69) is 16.8 Å². The van der Waals surface area contributed by atoms with Crippen molar-refractivity contribution in [1.82, 2.24) is 0 Å². The molecule has 0 unspecified atom stereocenters. The zero-order valence-electron chi connectivity index (χ0n) is 11.5. The molecule has 0 saturated heterocycles. The smallest absolute Gasteiger partial charge is 0.225 e. The van der Waals surface area contributed by atoms with Crippen LogP contribution in [0.15, 0.2) is 46.5 Å². The number of halogens is 1. The summed E-state index contributed by atoms with van der Waals surface area (Å²) in [5, 5.41) is 9.18. The van der Waals surface area contributed by atoms with Crippen LogP contribution in [0.1, 0.15) is 22.8 Å². The molecule has 1 aromatic carbocycles. The maximum Gasteiger partial charge on any atom is 0.225 e. The fraction of sp³-hybridized carbons (Fsp3) is 0.118. The van der Waals surface area contributed by atoms with Crippen LogP contribution >= 0.6 is 22.7 Å². The third kappa shape index (κ3) is 2.26. The first-order valence-electron chi connectivity index (χ1n) is 6.91. The highest BCUT2D eigenvalue weighted by Crippen LogP contribution is 2.46. The van der Waals surface area contributed by atoms with E-state index in [1.165, 1.54) is 22.6 Å². The molecule has 0 radical (unpaired) electrons. The van der Waals surface area contributed by atoms with E-state index < -0.39 is 0 Å². The summed E-state index contributed by atoms with van der Waals surface area (Å²) in [5.74, 6) is -0.104. The number of benzene rings is 1. The molecule has 1 N–H and O–H groups in total. The lowest BCUT2D eigenvalue weighted by atomic mass is 9.91. The summed E-state index contributed by atoms with van der Waals surface area (Å²) in [5.41, 5.74) is 3.95. The van der Waals surface area contributed by atoms with Gasteiger partial charge in [0.05, 0.1) is 5.69 Å². The quantitative estimate of drug-likeness (QED) is 0.697. The number of anilines is 1. The minimum Gasteiger partial charge on any atom is -0.325 e. The Bertz CT molecular complexity index is 821. The van der Waals surface area contributed by atoms with Gasteiger partial charge in [-0.15, -0.1) is 11.3 Å². The number of rotatable bonds is 2. The van der Waals surface area contributed by atoms with Crippen LogP contribution < -0.4 is 5.32 Å². The van der Waals surface area contributed by atoms with Crippen molar-refractivity contribution in [2.24, 2.45) is 0 Å². The highest BCUT2D eigenvalue weighted by molar-refractivity contribution is 7.11. The predicted octanol–water partition coefficient (Wildman–Crippen LogP) is 5.09. The minimum absolute atomic E-state index is 0.0328. The molecule has 3 aromatic rings. The van der Waals surface area contributed by atoms with E-state index in [-0.39, 0.29) is 17.6 Å². The molecule has 4 rings (SSSR count). The van der Waals surface area contributed by atoms with Crippen LogP contribution in [0, 0.1) is 5.82 Å². The zero-order chi connectivity index (χ0) is 15.1. The van der Waals surface area contributed by atoms with E-state index in [1.807, 2.05) is 10.8 Å². The van der Waals surface area contributed by atoms with Gasteiger partial charge in [-0.25, -0.2) is 4.39 Å². The normalized spacial score (nSPS) is 17.1. The number of thiophene rings is 2. The van der Waals surface area contributed by atoms with Crippen molar-refractivity contribution in [1.29, 1.82) is 0 Å². The van der Waals surface area contributed by atoms with Gasteiger partial charge < -0.3 is 5.32 Å². The molecule has 5 heteroatoms. The van der Waals surface area contributed by atoms with Gasteiger partial charge in [0, 0.05) is 28.2 Å². The Morgan fingerprint density at radius 2 is 1.95 bits per heavy atom. The second-order valence-corrected chi connectivity index (χ2v) is 6.95. The second kappa shape index (κ2) is 5.34. The third-order valence-corrected chi connectivity index (χ3v) is 5.69. The largest absolute Gasteiger partial charge is 0.325 e. The number of fused-ring (bicyclic) bond motifs is 1. The van der Waals surface area contributed by atoms with E-state index >= 15 is 0 Å². The molecule has 22 heavy (non-hydrogen) atoms. The van der Waals surface area contributed by atoms with Crippen LogP contribution in [0.4, 0.5) is 10.1 Å². The summed E-state index contributed by atoms with van der Waals surface area (Å²) in [4.78, 5) is 13.3. The van der Waals surface area contributed by atoms with Gasteiger partial charge >= 0.3 is 0 Å². The lowest BCUT2D eigenvalue weighted by molar-refractivity contribution is -0.116. The van der Waals surface area contributed by atoms with Crippen molar-refractivity contribution < 1.29 is 9.18 Å². The van der Waals surface area contributed by atoms with Crippen LogP contribution in [0.2, 0.25) is 0 Å². The first-order chi connectivity index (χ1) is 10.7. The van der Waals surface area contributed by atoms with Gasteiger partial charge in [0.25, 0.3) is 0 Å². The molecule has 0 fully saturated rings. The van der Waals surface area contributed by atoms with Gasteiger partial charge in [0.1, 0.15) is 5.82 Å². The Kier molecular flexibility index (Phi) is 3.32. The average Bonchev–Trinajstić information content (AvgIpc) is 3.16. The average molecular weight is 329 g/mol. The first-order valence-corrected chi connectivity index (χ1v) is 8.74. The standard InChI is InChI=1S/C17H12FNOS2/c18-12-3-1-10(2-4-12)14-9-22-17-13(11-5-6-21-8-11)7-15(20)19-16(14)17/h1-6,8-9,13H,7H2,(H,19,20)/t13-/m0/s1. The van der Waals surface area contributed by atoms with Gasteiger partial charge in [-0.3, -0.25) is 4.79 Å². The molecule has 1 atom stereocenters. The molecular weight excluding hydrogens is 317 g/mol. The van der Waals surface area contributed by atoms with Crippen molar-refractivity contribution >= 4 is 34.3 Å². The lowest BCUT2D eigenvalue weighted by Crippen LogP contribution is -2.22. The number of hydrogen-bond donors (Lipinski definition) is 1. The Balaban J connectivity index is 1.82. The van der Waals surface area contributed by atoms with Gasteiger partial charge in [-0.1, -0.05) is 12.1 Å². The van der Waals surface area contributed by atoms with Crippen molar-refractivity contribution in [2.45, 2.75) is 12.3 Å². The highest BCUT2D eigenvalue weighted by atomic mass is 32.1. The molecule has 0 bridgehead atoms. The number of carbonyl (C=O) groups is 1. The molecule has 1 amide bonds. The zero-order valence-corrected chi connectivity index (χ0v) is 13.1. The lowest BCUT2D eigenvalue weighted by Gasteiger charge is -2.23. The first kappa shape index (κ1) is 13.7. The summed E-state index contributed by atoms with van der Waals surface area (Å²) in [6, 6.07) is 8.46. The Morgan fingerprint density at radius 1 is 1.14 bits per heavy atom. The fourth-order valence-corrected chi connectivity index (χ4v) is 4.69. The Labute approximate surface area is 135 Å². The molecule has 1 aliphatic heterocycles. The number of carbonyl (C=O) groups excluding carboxylic acids is 1. The minimum atomic E-state index is -0.256. The molecule has 2 nitrogen and oxygen atoms in total. The maximum absolute atomic E-state index is 13.1.